The van der Waals surface area contributed by atoms with E-state index in [1.54, 1.807) is 26.0 Å². The van der Waals surface area contributed by atoms with E-state index in [1.807, 2.05) is 23.1 Å². The fraction of sp³-hybridized carbons (Fsp3) is 0.375. The fourth-order valence-electron chi connectivity index (χ4n) is 4.12. The van der Waals surface area contributed by atoms with Crippen molar-refractivity contribution in [2.75, 3.05) is 13.1 Å². The van der Waals surface area contributed by atoms with E-state index in [4.69, 9.17) is 15.5 Å². The Morgan fingerprint density at radius 2 is 1.85 bits per heavy atom. The van der Waals surface area contributed by atoms with Gasteiger partial charge in [0.1, 0.15) is 23.1 Å². The van der Waals surface area contributed by atoms with E-state index in [0.29, 0.717) is 24.6 Å². The number of benzene rings is 2. The third-order valence-electron chi connectivity index (χ3n) is 5.89. The number of carbonyl (C=O) groups excluding carboxylic acids is 2. The summed E-state index contributed by atoms with van der Waals surface area (Å²) in [6, 6.07) is 10.9. The van der Waals surface area contributed by atoms with E-state index in [-0.39, 0.29) is 30.2 Å². The van der Waals surface area contributed by atoms with Crippen molar-refractivity contribution >= 4 is 22.8 Å². The minimum absolute atomic E-state index is 0.0725. The van der Waals surface area contributed by atoms with Gasteiger partial charge in [0, 0.05) is 32.1 Å². The van der Waals surface area contributed by atoms with Crippen molar-refractivity contribution in [1.82, 2.24) is 19.8 Å². The molecule has 9 heteroatoms. The van der Waals surface area contributed by atoms with E-state index < -0.39 is 6.04 Å². The summed E-state index contributed by atoms with van der Waals surface area (Å²) in [6.45, 7) is 4.79. The molecule has 1 aliphatic rings. The van der Waals surface area contributed by atoms with Gasteiger partial charge < -0.3 is 25.3 Å². The van der Waals surface area contributed by atoms with E-state index in [0.717, 1.165) is 29.7 Å². The van der Waals surface area contributed by atoms with Crippen LogP contribution in [0.15, 0.2) is 42.5 Å². The molecule has 3 N–H and O–H groups in total. The lowest BCUT2D eigenvalue weighted by Crippen LogP contribution is -2.39. The number of imidazole rings is 1. The van der Waals surface area contributed by atoms with Crippen LogP contribution < -0.4 is 15.8 Å². The lowest BCUT2D eigenvalue weighted by molar-refractivity contribution is -0.130. The van der Waals surface area contributed by atoms with Crippen molar-refractivity contribution in [2.24, 2.45) is 5.73 Å². The number of nitrogens with zero attached hydrogens (tertiary/aromatic N) is 3. The molecule has 0 radical (unpaired) electrons. The maximum Gasteiger partial charge on any atom is 0.237 e. The lowest BCUT2D eigenvalue weighted by atomic mass is 10.0. The Bertz CT molecular complexity index is 1150. The first-order valence-corrected chi connectivity index (χ1v) is 11.0. The van der Waals surface area contributed by atoms with Crippen LogP contribution in [-0.2, 0) is 16.1 Å². The van der Waals surface area contributed by atoms with Gasteiger partial charge in [0.15, 0.2) is 0 Å². The summed E-state index contributed by atoms with van der Waals surface area (Å²) in [5.41, 5.74) is 7.34. The highest BCUT2D eigenvalue weighted by Gasteiger charge is 2.26. The van der Waals surface area contributed by atoms with Crippen molar-refractivity contribution in [1.29, 1.82) is 0 Å². The van der Waals surface area contributed by atoms with Crippen LogP contribution in [0.4, 0.5) is 4.39 Å². The minimum Gasteiger partial charge on any atom is -0.457 e. The summed E-state index contributed by atoms with van der Waals surface area (Å²) >= 11 is 0. The second-order valence-corrected chi connectivity index (χ2v) is 8.35. The molecule has 1 aliphatic heterocycles. The Hall–Kier alpha value is -3.46. The van der Waals surface area contributed by atoms with E-state index >= 15 is 0 Å². The lowest BCUT2D eigenvalue weighted by Gasteiger charge is -2.33. The predicted octanol–water partition coefficient (Wildman–Crippen LogP) is 3.11. The molecule has 1 aromatic heterocycles. The molecule has 174 valence electrons. The van der Waals surface area contributed by atoms with Crippen LogP contribution in [0.25, 0.3) is 11.0 Å². The van der Waals surface area contributed by atoms with Crippen LogP contribution in [0.1, 0.15) is 38.6 Å². The molecule has 0 unspecified atom stereocenters. The van der Waals surface area contributed by atoms with Crippen molar-refractivity contribution in [3.05, 3.63) is 54.1 Å². The van der Waals surface area contributed by atoms with Gasteiger partial charge in [-0.15, -0.1) is 0 Å². The second kappa shape index (κ2) is 9.58. The minimum atomic E-state index is -0.614. The number of ether oxygens (including phenoxy) is 1. The Balaban J connectivity index is 1.66. The SMILES string of the molecule is CC(=O)N1CCC(n2c(CNC(=O)[C@H](C)N)nc3ccc(Oc4ccc(F)cc4)cc32)CC1. The Morgan fingerprint density at radius 1 is 1.18 bits per heavy atom. The van der Waals surface area contributed by atoms with Crippen molar-refractivity contribution in [3.63, 3.8) is 0 Å². The number of likely N-dealkylation sites (tertiary alicyclic amines) is 1. The average molecular weight is 454 g/mol. The zero-order chi connectivity index (χ0) is 23.5. The standard InChI is InChI=1S/C24H28FN5O3/c1-15(26)24(32)27-14-23-28-21-8-7-20(33-19-5-3-17(25)4-6-19)13-22(21)30(23)18-9-11-29(12-10-18)16(2)31/h3-8,13,15,18H,9-12,14,26H2,1-2H3,(H,27,32)/t15-/m0/s1. The number of nitrogens with two attached hydrogens (primary N) is 1. The number of hydrogen-bond donors (Lipinski definition) is 2. The summed E-state index contributed by atoms with van der Waals surface area (Å²) in [6.07, 6.45) is 1.56. The first-order valence-electron chi connectivity index (χ1n) is 11.0. The number of hydrogen-bond acceptors (Lipinski definition) is 5. The molecule has 8 nitrogen and oxygen atoms in total. The van der Waals surface area contributed by atoms with E-state index in [1.165, 1.54) is 12.1 Å². The molecule has 1 fully saturated rings. The predicted molar refractivity (Wildman–Crippen MR) is 122 cm³/mol. The number of piperidine rings is 1. The van der Waals surface area contributed by atoms with Crippen LogP contribution in [-0.4, -0.2) is 45.4 Å². The van der Waals surface area contributed by atoms with Crippen molar-refractivity contribution in [2.45, 2.75) is 45.3 Å². The fourth-order valence-corrected chi connectivity index (χ4v) is 4.12. The Labute approximate surface area is 191 Å². The zero-order valence-electron chi connectivity index (χ0n) is 18.8. The normalized spacial score (nSPS) is 15.5. The topological polar surface area (TPSA) is 102 Å². The smallest absolute Gasteiger partial charge is 0.237 e. The molecule has 0 aliphatic carbocycles. The van der Waals surface area contributed by atoms with Crippen LogP contribution in [0.5, 0.6) is 11.5 Å². The van der Waals surface area contributed by atoms with E-state index in [2.05, 4.69) is 9.88 Å². The summed E-state index contributed by atoms with van der Waals surface area (Å²) in [7, 11) is 0. The largest absolute Gasteiger partial charge is 0.457 e. The molecule has 0 saturated carbocycles. The Kier molecular flexibility index (Phi) is 6.60. The number of fused-ring (bicyclic) bond motifs is 1. The Morgan fingerprint density at radius 3 is 2.48 bits per heavy atom. The molecule has 1 saturated heterocycles. The number of amides is 2. The monoisotopic (exact) mass is 453 g/mol. The summed E-state index contributed by atoms with van der Waals surface area (Å²) in [4.78, 5) is 30.4. The molecule has 2 heterocycles. The highest BCUT2D eigenvalue weighted by atomic mass is 19.1. The van der Waals surface area contributed by atoms with Crippen molar-refractivity contribution in [3.8, 4) is 11.5 Å². The van der Waals surface area contributed by atoms with Gasteiger partial charge in [-0.2, -0.15) is 0 Å². The average Bonchev–Trinajstić information content (AvgIpc) is 3.16. The van der Waals surface area contributed by atoms with Crippen LogP contribution in [0.2, 0.25) is 0 Å². The van der Waals surface area contributed by atoms with Crippen LogP contribution in [0.3, 0.4) is 0 Å². The first kappa shape index (κ1) is 22.7. The molecule has 0 bridgehead atoms. The number of rotatable bonds is 6. The molecule has 4 rings (SSSR count). The first-order chi connectivity index (χ1) is 15.8. The van der Waals surface area contributed by atoms with Crippen molar-refractivity contribution < 1.29 is 18.7 Å². The summed E-state index contributed by atoms with van der Waals surface area (Å²) in [5, 5.41) is 2.85. The van der Waals surface area contributed by atoms with Gasteiger partial charge >= 0.3 is 0 Å². The quantitative estimate of drug-likeness (QED) is 0.597. The number of nitrogens with one attached hydrogen (secondary N) is 1. The molecule has 1 atom stereocenters. The highest BCUT2D eigenvalue weighted by Crippen LogP contribution is 2.32. The van der Waals surface area contributed by atoms with Gasteiger partial charge in [0.2, 0.25) is 11.8 Å². The van der Waals surface area contributed by atoms with Crippen LogP contribution >= 0.6 is 0 Å². The molecule has 0 spiro atoms. The third kappa shape index (κ3) is 5.14. The van der Waals surface area contributed by atoms with Gasteiger partial charge in [-0.3, -0.25) is 9.59 Å². The van der Waals surface area contributed by atoms with E-state index in [9.17, 15) is 14.0 Å². The van der Waals surface area contributed by atoms with Gasteiger partial charge in [0.25, 0.3) is 0 Å². The number of halogens is 1. The zero-order valence-corrected chi connectivity index (χ0v) is 18.8. The second-order valence-electron chi connectivity index (χ2n) is 8.35. The molecular weight excluding hydrogens is 425 g/mol. The van der Waals surface area contributed by atoms with Gasteiger partial charge in [-0.05, 0) is 56.2 Å². The molecule has 33 heavy (non-hydrogen) atoms. The number of aromatic nitrogens is 2. The molecule has 2 amide bonds. The molecular formula is C24H28FN5O3. The summed E-state index contributed by atoms with van der Waals surface area (Å²) < 4.78 is 21.3. The highest BCUT2D eigenvalue weighted by molar-refractivity contribution is 5.81. The number of carbonyl (C=O) groups is 2. The van der Waals surface area contributed by atoms with Gasteiger partial charge in [0.05, 0.1) is 23.6 Å². The van der Waals surface area contributed by atoms with Gasteiger partial charge in [-0.1, -0.05) is 0 Å². The molecule has 2 aromatic carbocycles. The third-order valence-corrected chi connectivity index (χ3v) is 5.89. The maximum atomic E-state index is 13.2. The summed E-state index contributed by atoms with van der Waals surface area (Å²) in [5.74, 6) is 1.35. The van der Waals surface area contributed by atoms with Crippen LogP contribution in [0, 0.1) is 5.82 Å². The maximum absolute atomic E-state index is 13.2. The molecule has 3 aromatic rings. The van der Waals surface area contributed by atoms with Gasteiger partial charge in [-0.25, -0.2) is 9.37 Å².